The highest BCUT2D eigenvalue weighted by molar-refractivity contribution is 5.80. The quantitative estimate of drug-likeness (QED) is 0.649. The lowest BCUT2D eigenvalue weighted by atomic mass is 10.2. The van der Waals surface area contributed by atoms with Crippen LogP contribution in [-0.2, 0) is 4.79 Å². The lowest BCUT2D eigenvalue weighted by molar-refractivity contribution is -0.119. The zero-order chi connectivity index (χ0) is 10.8. The molecule has 1 aliphatic heterocycles. The molecule has 0 saturated carbocycles. The Morgan fingerprint density at radius 1 is 1.67 bits per heavy atom. The van der Waals surface area contributed by atoms with E-state index in [1.165, 1.54) is 0 Å². The number of amides is 1. The van der Waals surface area contributed by atoms with Crippen LogP contribution in [-0.4, -0.2) is 23.5 Å². The minimum absolute atomic E-state index is 0.0678. The predicted octanol–water partition coefficient (Wildman–Crippen LogP) is 0.273. The number of nitrogens with zero attached hydrogens (tertiary/aromatic N) is 1. The maximum Gasteiger partial charge on any atom is 0.222 e. The van der Waals surface area contributed by atoms with E-state index in [0.29, 0.717) is 24.5 Å². The molecule has 1 saturated heterocycles. The van der Waals surface area contributed by atoms with E-state index in [-0.39, 0.29) is 11.9 Å². The van der Waals surface area contributed by atoms with Gasteiger partial charge >= 0.3 is 0 Å². The topological polar surface area (TPSA) is 80.0 Å². The number of rotatable bonds is 2. The van der Waals surface area contributed by atoms with Crippen molar-refractivity contribution >= 4 is 17.4 Å². The van der Waals surface area contributed by atoms with Gasteiger partial charge in [-0.05, 0) is 18.6 Å². The Morgan fingerprint density at radius 2 is 2.47 bits per heavy atom. The van der Waals surface area contributed by atoms with Crippen LogP contribution in [0.2, 0.25) is 0 Å². The third-order valence-electron chi connectivity index (χ3n) is 2.37. The van der Waals surface area contributed by atoms with Crippen molar-refractivity contribution < 1.29 is 4.79 Å². The van der Waals surface area contributed by atoms with Gasteiger partial charge in [0, 0.05) is 19.2 Å². The second-order valence-corrected chi connectivity index (χ2v) is 3.80. The van der Waals surface area contributed by atoms with Gasteiger partial charge in [-0.3, -0.25) is 4.79 Å². The molecule has 0 spiro atoms. The molecule has 2 heterocycles. The zero-order valence-corrected chi connectivity index (χ0v) is 8.58. The molecule has 4 N–H and O–H groups in total. The highest BCUT2D eigenvalue weighted by Crippen LogP contribution is 2.18. The summed E-state index contributed by atoms with van der Waals surface area (Å²) in [7, 11) is 0. The molecule has 0 aliphatic carbocycles. The molecule has 0 radical (unpaired) electrons. The zero-order valence-electron chi connectivity index (χ0n) is 8.58. The molecule has 5 nitrogen and oxygen atoms in total. The number of carbonyl (C=O) groups is 1. The molecule has 1 aromatic heterocycles. The fourth-order valence-corrected chi connectivity index (χ4v) is 1.61. The molecule has 0 bridgehead atoms. The molecule has 1 unspecified atom stereocenters. The summed E-state index contributed by atoms with van der Waals surface area (Å²) in [5.41, 5.74) is 7.45. The standard InChI is InChI=1S/C10H14N4O/c1-6-2-8(11)10(13-4-6)14-7-3-9(15)12-5-7/h2,4,7H,3,5,11H2,1H3,(H,12,15)(H,13,14). The second-order valence-electron chi connectivity index (χ2n) is 3.80. The summed E-state index contributed by atoms with van der Waals surface area (Å²) in [6, 6.07) is 1.95. The number of aryl methyl sites for hydroxylation is 1. The predicted molar refractivity (Wildman–Crippen MR) is 58.4 cm³/mol. The van der Waals surface area contributed by atoms with Gasteiger partial charge in [0.15, 0.2) is 0 Å². The number of nitrogen functional groups attached to an aromatic ring is 1. The maximum atomic E-state index is 11.0. The van der Waals surface area contributed by atoms with Gasteiger partial charge in [0.2, 0.25) is 5.91 Å². The van der Waals surface area contributed by atoms with Crippen molar-refractivity contribution in [1.29, 1.82) is 0 Å². The molecule has 2 rings (SSSR count). The third kappa shape index (κ3) is 2.18. The molecule has 1 atom stereocenters. The Bertz CT molecular complexity index is 391. The number of hydrogen-bond acceptors (Lipinski definition) is 4. The van der Waals surface area contributed by atoms with E-state index in [9.17, 15) is 4.79 Å². The molecule has 1 aromatic rings. The highest BCUT2D eigenvalue weighted by Gasteiger charge is 2.21. The van der Waals surface area contributed by atoms with Crippen molar-refractivity contribution in [3.63, 3.8) is 0 Å². The minimum Gasteiger partial charge on any atom is -0.396 e. The number of aromatic nitrogens is 1. The third-order valence-corrected chi connectivity index (χ3v) is 2.37. The van der Waals surface area contributed by atoms with Gasteiger partial charge in [0.25, 0.3) is 0 Å². The van der Waals surface area contributed by atoms with E-state index in [1.54, 1.807) is 6.20 Å². The lowest BCUT2D eigenvalue weighted by Gasteiger charge is -2.13. The number of anilines is 2. The van der Waals surface area contributed by atoms with Gasteiger partial charge in [-0.25, -0.2) is 4.98 Å². The largest absolute Gasteiger partial charge is 0.396 e. The van der Waals surface area contributed by atoms with Crippen LogP contribution < -0.4 is 16.4 Å². The molecule has 1 fully saturated rings. The van der Waals surface area contributed by atoms with Crippen LogP contribution in [0.1, 0.15) is 12.0 Å². The summed E-state index contributed by atoms with van der Waals surface area (Å²) in [4.78, 5) is 15.2. The van der Waals surface area contributed by atoms with E-state index in [1.807, 2.05) is 13.0 Å². The van der Waals surface area contributed by atoms with Crippen LogP contribution in [0, 0.1) is 6.92 Å². The maximum absolute atomic E-state index is 11.0. The van der Waals surface area contributed by atoms with Crippen LogP contribution in [0.15, 0.2) is 12.3 Å². The molecule has 1 amide bonds. The number of nitrogens with one attached hydrogen (secondary N) is 2. The highest BCUT2D eigenvalue weighted by atomic mass is 16.1. The number of hydrogen-bond donors (Lipinski definition) is 3. The van der Waals surface area contributed by atoms with Crippen LogP contribution in [0.3, 0.4) is 0 Å². The monoisotopic (exact) mass is 206 g/mol. The van der Waals surface area contributed by atoms with E-state index in [0.717, 1.165) is 5.56 Å². The van der Waals surface area contributed by atoms with Crippen molar-refractivity contribution in [2.24, 2.45) is 0 Å². The first-order valence-electron chi connectivity index (χ1n) is 4.90. The molecule has 5 heteroatoms. The first-order chi connectivity index (χ1) is 7.15. The first kappa shape index (κ1) is 9.76. The Hall–Kier alpha value is -1.78. The van der Waals surface area contributed by atoms with Crippen molar-refractivity contribution in [3.05, 3.63) is 17.8 Å². The molecule has 80 valence electrons. The fourth-order valence-electron chi connectivity index (χ4n) is 1.61. The summed E-state index contributed by atoms with van der Waals surface area (Å²) in [6.07, 6.45) is 2.23. The van der Waals surface area contributed by atoms with E-state index in [2.05, 4.69) is 15.6 Å². The Morgan fingerprint density at radius 3 is 3.07 bits per heavy atom. The van der Waals surface area contributed by atoms with Crippen molar-refractivity contribution in [1.82, 2.24) is 10.3 Å². The van der Waals surface area contributed by atoms with Gasteiger partial charge in [-0.15, -0.1) is 0 Å². The molecular weight excluding hydrogens is 192 g/mol. The normalized spacial score (nSPS) is 20.1. The second kappa shape index (κ2) is 3.76. The Balaban J connectivity index is 2.07. The molecule has 15 heavy (non-hydrogen) atoms. The molecular formula is C10H14N4O. The first-order valence-corrected chi connectivity index (χ1v) is 4.90. The van der Waals surface area contributed by atoms with Crippen molar-refractivity contribution in [2.45, 2.75) is 19.4 Å². The van der Waals surface area contributed by atoms with Crippen LogP contribution in [0.25, 0.3) is 0 Å². The van der Waals surface area contributed by atoms with Crippen molar-refractivity contribution in [2.75, 3.05) is 17.6 Å². The summed E-state index contributed by atoms with van der Waals surface area (Å²) < 4.78 is 0. The summed E-state index contributed by atoms with van der Waals surface area (Å²) >= 11 is 0. The van der Waals surface area contributed by atoms with Crippen molar-refractivity contribution in [3.8, 4) is 0 Å². The Labute approximate surface area is 88.1 Å². The number of nitrogens with two attached hydrogens (primary N) is 1. The summed E-state index contributed by atoms with van der Waals surface area (Å²) in [5.74, 6) is 0.722. The van der Waals surface area contributed by atoms with Crippen LogP contribution in [0.4, 0.5) is 11.5 Å². The van der Waals surface area contributed by atoms with Crippen LogP contribution >= 0.6 is 0 Å². The summed E-state index contributed by atoms with van der Waals surface area (Å²) in [5, 5.41) is 5.90. The average Bonchev–Trinajstić information content (AvgIpc) is 2.56. The number of pyridine rings is 1. The van der Waals surface area contributed by atoms with Gasteiger partial charge in [0.05, 0.1) is 11.7 Å². The van der Waals surface area contributed by atoms with E-state index >= 15 is 0 Å². The Kier molecular flexibility index (Phi) is 2.45. The van der Waals surface area contributed by atoms with E-state index < -0.39 is 0 Å². The lowest BCUT2D eigenvalue weighted by Crippen LogP contribution is -2.23. The SMILES string of the molecule is Cc1cnc(NC2CNC(=O)C2)c(N)c1. The fraction of sp³-hybridized carbons (Fsp3) is 0.400. The van der Waals surface area contributed by atoms with Gasteiger partial charge in [0.1, 0.15) is 5.82 Å². The molecule has 0 aromatic carbocycles. The van der Waals surface area contributed by atoms with Gasteiger partial charge in [-0.2, -0.15) is 0 Å². The smallest absolute Gasteiger partial charge is 0.222 e. The van der Waals surface area contributed by atoms with Gasteiger partial charge in [-0.1, -0.05) is 0 Å². The summed E-state index contributed by atoms with van der Waals surface area (Å²) in [6.45, 7) is 2.57. The average molecular weight is 206 g/mol. The van der Waals surface area contributed by atoms with Crippen LogP contribution in [0.5, 0.6) is 0 Å². The molecule has 1 aliphatic rings. The van der Waals surface area contributed by atoms with Gasteiger partial charge < -0.3 is 16.4 Å². The van der Waals surface area contributed by atoms with E-state index in [4.69, 9.17) is 5.73 Å². The minimum atomic E-state index is 0.0678. The number of carbonyl (C=O) groups excluding carboxylic acids is 1.